The van der Waals surface area contributed by atoms with Gasteiger partial charge in [-0.05, 0) is 49.2 Å². The number of pyridine rings is 1. The molecular formula is C15H13N3O2S2. The van der Waals surface area contributed by atoms with Gasteiger partial charge in [0.15, 0.2) is 0 Å². The van der Waals surface area contributed by atoms with E-state index in [2.05, 4.69) is 14.7 Å². The number of aromatic nitrogens is 2. The Kier molecular flexibility index (Phi) is 3.12. The smallest absolute Gasteiger partial charge is 0.235 e. The molecular weight excluding hydrogens is 318 g/mol. The molecule has 0 amide bonds. The van der Waals surface area contributed by atoms with Gasteiger partial charge < -0.3 is 0 Å². The highest BCUT2D eigenvalue weighted by molar-refractivity contribution is 7.93. The summed E-state index contributed by atoms with van der Waals surface area (Å²) in [5.41, 5.74) is 2.42. The zero-order valence-electron chi connectivity index (χ0n) is 11.6. The van der Waals surface area contributed by atoms with Gasteiger partial charge in [0.05, 0.1) is 5.25 Å². The van der Waals surface area contributed by atoms with Gasteiger partial charge >= 0.3 is 0 Å². The molecule has 112 valence electrons. The number of nitrogens with one attached hydrogen (secondary N) is 1. The number of nitrogens with zero attached hydrogens (tertiary/aromatic N) is 2. The summed E-state index contributed by atoms with van der Waals surface area (Å²) >= 11 is 1.52. The van der Waals surface area contributed by atoms with Crippen LogP contribution in [0.5, 0.6) is 0 Å². The normalized spacial score (nSPS) is 15.1. The highest BCUT2D eigenvalue weighted by Crippen LogP contribution is 2.32. The Morgan fingerprint density at radius 3 is 2.59 bits per heavy atom. The van der Waals surface area contributed by atoms with E-state index in [9.17, 15) is 8.42 Å². The molecule has 1 aromatic carbocycles. The number of hydrogen-bond donors (Lipinski definition) is 1. The number of anilines is 1. The van der Waals surface area contributed by atoms with Crippen LogP contribution in [-0.4, -0.2) is 23.6 Å². The lowest BCUT2D eigenvalue weighted by molar-refractivity contribution is 0.600. The Hall–Kier alpha value is -1.99. The molecule has 1 N–H and O–H groups in total. The van der Waals surface area contributed by atoms with Crippen molar-refractivity contribution in [1.82, 2.24) is 9.97 Å². The summed E-state index contributed by atoms with van der Waals surface area (Å²) in [4.78, 5) is 9.73. The Bertz CT molecular complexity index is 896. The molecule has 5 nitrogen and oxygen atoms in total. The minimum absolute atomic E-state index is 0.220. The van der Waals surface area contributed by atoms with E-state index in [0.717, 1.165) is 33.8 Å². The van der Waals surface area contributed by atoms with Crippen LogP contribution in [-0.2, 0) is 10.0 Å². The summed E-state index contributed by atoms with van der Waals surface area (Å²) in [6.45, 7) is 0. The summed E-state index contributed by atoms with van der Waals surface area (Å²) in [7, 11) is -3.21. The predicted octanol–water partition coefficient (Wildman–Crippen LogP) is 3.26. The van der Waals surface area contributed by atoms with E-state index in [1.54, 1.807) is 18.3 Å². The van der Waals surface area contributed by atoms with E-state index < -0.39 is 10.0 Å². The second kappa shape index (κ2) is 5.03. The molecule has 1 saturated carbocycles. The Balaban J connectivity index is 1.61. The third-order valence-electron chi connectivity index (χ3n) is 3.52. The van der Waals surface area contributed by atoms with Crippen LogP contribution in [0.4, 0.5) is 5.69 Å². The number of rotatable bonds is 4. The molecule has 0 unspecified atom stereocenters. The summed E-state index contributed by atoms with van der Waals surface area (Å²) < 4.78 is 26.4. The van der Waals surface area contributed by atoms with Gasteiger partial charge in [0, 0.05) is 17.4 Å². The number of hydrogen-bond acceptors (Lipinski definition) is 5. The monoisotopic (exact) mass is 331 g/mol. The second-order valence-electron chi connectivity index (χ2n) is 5.27. The van der Waals surface area contributed by atoms with Crippen molar-refractivity contribution < 1.29 is 8.42 Å². The lowest BCUT2D eigenvalue weighted by Gasteiger charge is -2.07. The minimum Gasteiger partial charge on any atom is -0.283 e. The van der Waals surface area contributed by atoms with Crippen LogP contribution in [0, 0.1) is 0 Å². The molecule has 1 fully saturated rings. The zero-order chi connectivity index (χ0) is 15.2. The molecule has 7 heteroatoms. The average molecular weight is 331 g/mol. The molecule has 4 rings (SSSR count). The van der Waals surface area contributed by atoms with Crippen molar-refractivity contribution in [2.45, 2.75) is 18.1 Å². The van der Waals surface area contributed by atoms with Gasteiger partial charge in [0.2, 0.25) is 10.0 Å². The average Bonchev–Trinajstić information content (AvgIpc) is 3.28. The van der Waals surface area contributed by atoms with Crippen molar-refractivity contribution in [3.8, 4) is 10.6 Å². The fraction of sp³-hybridized carbons (Fsp3) is 0.200. The van der Waals surface area contributed by atoms with Gasteiger partial charge in [-0.2, -0.15) is 0 Å². The molecule has 0 saturated heterocycles. The first-order valence-electron chi connectivity index (χ1n) is 6.95. The summed E-state index contributed by atoms with van der Waals surface area (Å²) in [6.07, 6.45) is 3.26. The van der Waals surface area contributed by atoms with Crippen molar-refractivity contribution in [2.75, 3.05) is 4.72 Å². The predicted molar refractivity (Wildman–Crippen MR) is 88.4 cm³/mol. The number of thiazole rings is 1. The highest BCUT2D eigenvalue weighted by atomic mass is 32.2. The largest absolute Gasteiger partial charge is 0.283 e. The molecule has 1 aliphatic rings. The minimum atomic E-state index is -3.21. The molecule has 3 aromatic rings. The first-order valence-corrected chi connectivity index (χ1v) is 9.32. The van der Waals surface area contributed by atoms with Crippen LogP contribution in [0.3, 0.4) is 0 Å². The zero-order valence-corrected chi connectivity index (χ0v) is 13.2. The SMILES string of the molecule is O=S(=O)(Nc1ccc(-c2nc3cccnc3s2)cc1)C1CC1. The highest BCUT2D eigenvalue weighted by Gasteiger charge is 2.35. The fourth-order valence-corrected chi connectivity index (χ4v) is 4.50. The third-order valence-corrected chi connectivity index (χ3v) is 6.42. The van der Waals surface area contributed by atoms with Gasteiger partial charge in [0.1, 0.15) is 15.4 Å². The van der Waals surface area contributed by atoms with Crippen molar-refractivity contribution >= 4 is 37.4 Å². The van der Waals surface area contributed by atoms with E-state index in [0.29, 0.717) is 5.69 Å². The lowest BCUT2D eigenvalue weighted by atomic mass is 10.2. The fourth-order valence-electron chi connectivity index (χ4n) is 2.20. The van der Waals surface area contributed by atoms with Gasteiger partial charge in [-0.15, -0.1) is 0 Å². The van der Waals surface area contributed by atoms with Crippen LogP contribution in [0.2, 0.25) is 0 Å². The molecule has 0 aliphatic heterocycles. The quantitative estimate of drug-likeness (QED) is 0.796. The maximum atomic E-state index is 11.9. The van der Waals surface area contributed by atoms with Gasteiger partial charge in [-0.25, -0.2) is 18.4 Å². The summed E-state index contributed by atoms with van der Waals surface area (Å²) in [5, 5.41) is 0.660. The summed E-state index contributed by atoms with van der Waals surface area (Å²) in [5.74, 6) is 0. The van der Waals surface area contributed by atoms with Crippen molar-refractivity contribution in [2.24, 2.45) is 0 Å². The third kappa shape index (κ3) is 2.57. The number of fused-ring (bicyclic) bond motifs is 1. The Labute approximate surface area is 132 Å². The van der Waals surface area contributed by atoms with E-state index in [-0.39, 0.29) is 5.25 Å². The first kappa shape index (κ1) is 13.7. The number of sulfonamides is 1. The van der Waals surface area contributed by atoms with E-state index in [4.69, 9.17) is 0 Å². The van der Waals surface area contributed by atoms with Crippen LogP contribution in [0.25, 0.3) is 20.9 Å². The maximum Gasteiger partial charge on any atom is 0.235 e. The molecule has 2 heterocycles. The van der Waals surface area contributed by atoms with E-state index >= 15 is 0 Å². The molecule has 0 atom stereocenters. The molecule has 0 spiro atoms. The Morgan fingerprint density at radius 2 is 1.91 bits per heavy atom. The maximum absolute atomic E-state index is 11.9. The Morgan fingerprint density at radius 1 is 1.14 bits per heavy atom. The van der Waals surface area contributed by atoms with Gasteiger partial charge in [0.25, 0.3) is 0 Å². The molecule has 0 radical (unpaired) electrons. The van der Waals surface area contributed by atoms with Crippen LogP contribution in [0.15, 0.2) is 42.6 Å². The number of benzene rings is 1. The molecule has 22 heavy (non-hydrogen) atoms. The molecule has 0 bridgehead atoms. The van der Waals surface area contributed by atoms with Crippen LogP contribution < -0.4 is 4.72 Å². The van der Waals surface area contributed by atoms with E-state index in [1.165, 1.54) is 11.3 Å². The molecule has 1 aliphatic carbocycles. The van der Waals surface area contributed by atoms with Crippen LogP contribution >= 0.6 is 11.3 Å². The van der Waals surface area contributed by atoms with Gasteiger partial charge in [-0.3, -0.25) is 4.72 Å². The topological polar surface area (TPSA) is 72.0 Å². The summed E-state index contributed by atoms with van der Waals surface area (Å²) in [6, 6.07) is 11.1. The second-order valence-corrected chi connectivity index (χ2v) is 8.21. The standard InChI is InChI=1S/C15H13N3O2S2/c19-22(20,12-7-8-12)18-11-5-3-10(4-6-11)14-17-13-2-1-9-16-15(13)21-14/h1-6,9,12,18H,7-8H2. The van der Waals surface area contributed by atoms with Crippen molar-refractivity contribution in [1.29, 1.82) is 0 Å². The molecule has 2 aromatic heterocycles. The lowest BCUT2D eigenvalue weighted by Crippen LogP contribution is -2.17. The van der Waals surface area contributed by atoms with E-state index in [1.807, 2.05) is 24.3 Å². The van der Waals surface area contributed by atoms with Crippen LogP contribution in [0.1, 0.15) is 12.8 Å². The first-order chi connectivity index (χ1) is 10.6. The van der Waals surface area contributed by atoms with Gasteiger partial charge in [-0.1, -0.05) is 11.3 Å². The van der Waals surface area contributed by atoms with Crippen molar-refractivity contribution in [3.63, 3.8) is 0 Å². The van der Waals surface area contributed by atoms with Crippen molar-refractivity contribution in [3.05, 3.63) is 42.6 Å².